The molecule has 1 aliphatic heterocycles. The fourth-order valence-electron chi connectivity index (χ4n) is 2.31. The number of carbonyl (C=O) groups is 1. The van der Waals surface area contributed by atoms with Crippen molar-refractivity contribution in [2.24, 2.45) is 0 Å². The molecule has 0 bridgehead atoms. The van der Waals surface area contributed by atoms with E-state index in [0.717, 1.165) is 13.1 Å². The van der Waals surface area contributed by atoms with Crippen molar-refractivity contribution in [3.8, 4) is 0 Å². The number of aromatic nitrogens is 2. The Morgan fingerprint density at radius 2 is 2.59 bits per heavy atom. The van der Waals surface area contributed by atoms with Gasteiger partial charge in [0.1, 0.15) is 0 Å². The predicted molar refractivity (Wildman–Crippen MR) is 65.8 cm³/mol. The van der Waals surface area contributed by atoms with Gasteiger partial charge in [0.25, 0.3) is 0 Å². The molecule has 1 saturated heterocycles. The maximum Gasteiger partial charge on any atom is 0.221 e. The van der Waals surface area contributed by atoms with Gasteiger partial charge in [0, 0.05) is 44.4 Å². The van der Waals surface area contributed by atoms with Crippen LogP contribution in [0.4, 0.5) is 0 Å². The number of hydrogen-bond acceptors (Lipinski definition) is 3. The molecule has 2 heterocycles. The quantitative estimate of drug-likeness (QED) is 0.799. The third-order valence-corrected chi connectivity index (χ3v) is 3.32. The van der Waals surface area contributed by atoms with Crippen LogP contribution in [0.3, 0.4) is 0 Å². The Morgan fingerprint density at radius 3 is 3.29 bits per heavy atom. The summed E-state index contributed by atoms with van der Waals surface area (Å²) in [6, 6.07) is 0. The normalized spacial score (nSPS) is 20.2. The summed E-state index contributed by atoms with van der Waals surface area (Å²) in [5.41, 5.74) is 1.25. The summed E-state index contributed by atoms with van der Waals surface area (Å²) >= 11 is 0. The molecular formula is C12H20N4O. The fraction of sp³-hybridized carbons (Fsp3) is 0.667. The van der Waals surface area contributed by atoms with Gasteiger partial charge in [-0.2, -0.15) is 0 Å². The lowest BCUT2D eigenvalue weighted by atomic mass is 9.96. The minimum Gasteiger partial charge on any atom is -0.359 e. The zero-order valence-electron chi connectivity index (χ0n) is 10.3. The zero-order valence-corrected chi connectivity index (χ0v) is 10.3. The Hall–Kier alpha value is -1.36. The molecule has 0 radical (unpaired) electrons. The van der Waals surface area contributed by atoms with Gasteiger partial charge >= 0.3 is 0 Å². The minimum absolute atomic E-state index is 0.0754. The first-order valence-electron chi connectivity index (χ1n) is 6.22. The SMILES string of the molecule is CNC(=O)CCn1cncc1C1CCCNC1. The van der Waals surface area contributed by atoms with Gasteiger partial charge in [-0.25, -0.2) is 4.98 Å². The lowest BCUT2D eigenvalue weighted by molar-refractivity contribution is -0.120. The molecule has 2 rings (SSSR count). The van der Waals surface area contributed by atoms with Crippen molar-refractivity contribution < 1.29 is 4.79 Å². The van der Waals surface area contributed by atoms with Crippen LogP contribution in [0.1, 0.15) is 30.9 Å². The van der Waals surface area contributed by atoms with Gasteiger partial charge < -0.3 is 15.2 Å². The van der Waals surface area contributed by atoms with Crippen LogP contribution in [0.2, 0.25) is 0 Å². The van der Waals surface area contributed by atoms with Crippen molar-refractivity contribution in [2.45, 2.75) is 31.7 Å². The van der Waals surface area contributed by atoms with Gasteiger partial charge in [0.2, 0.25) is 5.91 Å². The number of rotatable bonds is 4. The number of piperidine rings is 1. The smallest absolute Gasteiger partial charge is 0.221 e. The number of imidazole rings is 1. The number of hydrogen-bond donors (Lipinski definition) is 2. The van der Waals surface area contributed by atoms with E-state index in [0.29, 0.717) is 18.9 Å². The van der Waals surface area contributed by atoms with Crippen molar-refractivity contribution in [1.29, 1.82) is 0 Å². The molecule has 1 atom stereocenters. The van der Waals surface area contributed by atoms with Crippen molar-refractivity contribution in [3.63, 3.8) is 0 Å². The molecule has 0 aromatic carbocycles. The largest absolute Gasteiger partial charge is 0.359 e. The van der Waals surface area contributed by atoms with E-state index < -0.39 is 0 Å². The molecule has 1 aliphatic rings. The van der Waals surface area contributed by atoms with Crippen molar-refractivity contribution >= 4 is 5.91 Å². The number of amides is 1. The van der Waals surface area contributed by atoms with Crippen LogP contribution in [0, 0.1) is 0 Å². The van der Waals surface area contributed by atoms with Crippen LogP contribution in [-0.2, 0) is 11.3 Å². The first-order chi connectivity index (χ1) is 8.31. The van der Waals surface area contributed by atoms with E-state index in [9.17, 15) is 4.79 Å². The molecule has 5 nitrogen and oxygen atoms in total. The highest BCUT2D eigenvalue weighted by atomic mass is 16.1. The molecule has 0 aliphatic carbocycles. The highest BCUT2D eigenvalue weighted by Gasteiger charge is 2.18. The Labute approximate surface area is 102 Å². The zero-order chi connectivity index (χ0) is 12.1. The second kappa shape index (κ2) is 5.82. The second-order valence-corrected chi connectivity index (χ2v) is 4.48. The van der Waals surface area contributed by atoms with Gasteiger partial charge in [-0.15, -0.1) is 0 Å². The van der Waals surface area contributed by atoms with Gasteiger partial charge in [-0.1, -0.05) is 0 Å². The summed E-state index contributed by atoms with van der Waals surface area (Å²) < 4.78 is 2.10. The summed E-state index contributed by atoms with van der Waals surface area (Å²) in [5.74, 6) is 0.613. The average Bonchev–Trinajstić information content (AvgIpc) is 2.85. The number of carbonyl (C=O) groups excluding carboxylic acids is 1. The number of nitrogens with one attached hydrogen (secondary N) is 2. The lowest BCUT2D eigenvalue weighted by Gasteiger charge is -2.23. The van der Waals surface area contributed by atoms with Gasteiger partial charge in [0.15, 0.2) is 0 Å². The van der Waals surface area contributed by atoms with Crippen molar-refractivity contribution in [3.05, 3.63) is 18.2 Å². The van der Waals surface area contributed by atoms with E-state index in [1.165, 1.54) is 18.5 Å². The van der Waals surface area contributed by atoms with Gasteiger partial charge in [-0.05, 0) is 19.4 Å². The molecule has 2 N–H and O–H groups in total. The molecule has 1 aromatic heterocycles. The van der Waals surface area contributed by atoms with E-state index in [1.807, 2.05) is 12.5 Å². The van der Waals surface area contributed by atoms with Gasteiger partial charge in [0.05, 0.1) is 6.33 Å². The molecule has 0 saturated carbocycles. The molecule has 94 valence electrons. The standard InChI is InChI=1S/C12H20N4O/c1-13-12(17)4-6-16-9-15-8-11(16)10-3-2-5-14-7-10/h8-10,14H,2-7H2,1H3,(H,13,17). The van der Waals surface area contributed by atoms with Crippen LogP contribution >= 0.6 is 0 Å². The van der Waals surface area contributed by atoms with E-state index in [1.54, 1.807) is 7.05 Å². The Balaban J connectivity index is 1.98. The Morgan fingerprint density at radius 1 is 1.71 bits per heavy atom. The first-order valence-corrected chi connectivity index (χ1v) is 6.22. The third-order valence-electron chi connectivity index (χ3n) is 3.32. The summed E-state index contributed by atoms with van der Waals surface area (Å²) in [4.78, 5) is 15.4. The third kappa shape index (κ3) is 3.06. The predicted octanol–water partition coefficient (Wildman–Crippen LogP) is 0.486. The summed E-state index contributed by atoms with van der Waals surface area (Å²) in [7, 11) is 1.67. The monoisotopic (exact) mass is 236 g/mol. The maximum absolute atomic E-state index is 11.2. The van der Waals surface area contributed by atoms with Crippen LogP contribution in [0.15, 0.2) is 12.5 Å². The molecule has 1 fully saturated rings. The molecule has 0 spiro atoms. The number of aryl methyl sites for hydroxylation is 1. The van der Waals surface area contributed by atoms with Gasteiger partial charge in [-0.3, -0.25) is 4.79 Å². The van der Waals surface area contributed by atoms with Crippen molar-refractivity contribution in [2.75, 3.05) is 20.1 Å². The molecular weight excluding hydrogens is 216 g/mol. The van der Waals surface area contributed by atoms with Crippen LogP contribution in [0.5, 0.6) is 0 Å². The minimum atomic E-state index is 0.0754. The van der Waals surface area contributed by atoms with Crippen LogP contribution in [-0.4, -0.2) is 35.6 Å². The highest BCUT2D eigenvalue weighted by molar-refractivity contribution is 5.75. The first kappa shape index (κ1) is 12.1. The molecule has 1 amide bonds. The fourth-order valence-corrected chi connectivity index (χ4v) is 2.31. The average molecular weight is 236 g/mol. The molecule has 1 aromatic rings. The number of nitrogens with zero attached hydrogens (tertiary/aromatic N) is 2. The molecule has 1 unspecified atom stereocenters. The van der Waals surface area contributed by atoms with E-state index in [-0.39, 0.29) is 5.91 Å². The van der Waals surface area contributed by atoms with E-state index >= 15 is 0 Å². The van der Waals surface area contributed by atoms with Crippen molar-refractivity contribution in [1.82, 2.24) is 20.2 Å². The highest BCUT2D eigenvalue weighted by Crippen LogP contribution is 2.22. The summed E-state index contributed by atoms with van der Waals surface area (Å²) in [5, 5.41) is 6.05. The molecule has 5 heteroatoms. The molecule has 17 heavy (non-hydrogen) atoms. The Bertz CT molecular complexity index is 368. The second-order valence-electron chi connectivity index (χ2n) is 4.48. The Kier molecular flexibility index (Phi) is 4.14. The lowest BCUT2D eigenvalue weighted by Crippen LogP contribution is -2.29. The van der Waals surface area contributed by atoms with Crippen LogP contribution < -0.4 is 10.6 Å². The topological polar surface area (TPSA) is 59.0 Å². The van der Waals surface area contributed by atoms with E-state index in [4.69, 9.17) is 0 Å². The summed E-state index contributed by atoms with van der Waals surface area (Å²) in [6.45, 7) is 2.85. The maximum atomic E-state index is 11.2. The van der Waals surface area contributed by atoms with Crippen LogP contribution in [0.25, 0.3) is 0 Å². The summed E-state index contributed by atoms with van der Waals surface area (Å²) in [6.07, 6.45) is 6.69. The van der Waals surface area contributed by atoms with E-state index in [2.05, 4.69) is 20.2 Å².